The molecule has 1 N–H and O–H groups in total. The lowest BCUT2D eigenvalue weighted by Gasteiger charge is -2.05. The van der Waals surface area contributed by atoms with E-state index >= 15 is 0 Å². The molecule has 1 aromatic carbocycles. The summed E-state index contributed by atoms with van der Waals surface area (Å²) in [6.07, 6.45) is 3.38. The first-order valence-electron chi connectivity index (χ1n) is 8.80. The maximum Gasteiger partial charge on any atom is 0.271 e. The highest BCUT2D eigenvalue weighted by Crippen LogP contribution is 2.20. The molecule has 28 heavy (non-hydrogen) atoms. The number of nitrogens with one attached hydrogen (secondary N) is 1. The lowest BCUT2D eigenvalue weighted by molar-refractivity contribution is 0.0955. The predicted molar refractivity (Wildman–Crippen MR) is 111 cm³/mol. The van der Waals surface area contributed by atoms with E-state index in [9.17, 15) is 4.79 Å². The van der Waals surface area contributed by atoms with Crippen molar-refractivity contribution < 1.29 is 4.79 Å². The van der Waals surface area contributed by atoms with Crippen LogP contribution in [0.1, 0.15) is 39.8 Å². The molecule has 0 fully saturated rings. The Morgan fingerprint density at radius 1 is 1.00 bits per heavy atom. The van der Waals surface area contributed by atoms with Crippen LogP contribution in [0.4, 0.5) is 0 Å². The normalized spacial score (nSPS) is 11.3. The van der Waals surface area contributed by atoms with Gasteiger partial charge in [-0.3, -0.25) is 9.78 Å². The Bertz CT molecular complexity index is 967. The number of thioether (sulfide) groups is 1. The smallest absolute Gasteiger partial charge is 0.267 e. The minimum absolute atomic E-state index is 0.245. The van der Waals surface area contributed by atoms with Gasteiger partial charge in [-0.1, -0.05) is 23.9 Å². The van der Waals surface area contributed by atoms with Crippen molar-refractivity contribution in [3.63, 3.8) is 0 Å². The van der Waals surface area contributed by atoms with E-state index in [0.29, 0.717) is 5.56 Å². The van der Waals surface area contributed by atoms with Gasteiger partial charge in [-0.15, -0.1) is 0 Å². The Balaban J connectivity index is 1.58. The van der Waals surface area contributed by atoms with Crippen molar-refractivity contribution in [2.45, 2.75) is 31.7 Å². The van der Waals surface area contributed by atoms with Gasteiger partial charge in [0.05, 0.1) is 5.71 Å². The van der Waals surface area contributed by atoms with E-state index in [1.807, 2.05) is 51.1 Å². The molecule has 0 aliphatic carbocycles. The van der Waals surface area contributed by atoms with Crippen LogP contribution in [0.2, 0.25) is 0 Å². The first-order chi connectivity index (χ1) is 13.5. The molecular weight excluding hydrogens is 370 g/mol. The quantitative estimate of drug-likeness (QED) is 0.298. The predicted octanol–water partition coefficient (Wildman–Crippen LogP) is 3.93. The van der Waals surface area contributed by atoms with Gasteiger partial charge in [-0.2, -0.15) is 5.10 Å². The van der Waals surface area contributed by atoms with Gasteiger partial charge in [0.1, 0.15) is 0 Å². The van der Waals surface area contributed by atoms with Gasteiger partial charge in [0.2, 0.25) is 0 Å². The van der Waals surface area contributed by atoms with E-state index in [1.165, 1.54) is 0 Å². The number of pyridine rings is 1. The lowest BCUT2D eigenvalue weighted by Crippen LogP contribution is -2.19. The number of hydrogen-bond acceptors (Lipinski definition) is 6. The lowest BCUT2D eigenvalue weighted by atomic mass is 10.1. The molecule has 0 radical (unpaired) electrons. The highest BCUT2D eigenvalue weighted by molar-refractivity contribution is 7.98. The van der Waals surface area contributed by atoms with E-state index in [-0.39, 0.29) is 5.91 Å². The summed E-state index contributed by atoms with van der Waals surface area (Å²) in [4.78, 5) is 25.1. The van der Waals surface area contributed by atoms with E-state index in [0.717, 1.165) is 39.1 Å². The Morgan fingerprint density at radius 2 is 1.64 bits per heavy atom. The third-order valence-electron chi connectivity index (χ3n) is 3.97. The van der Waals surface area contributed by atoms with Crippen molar-refractivity contribution in [3.05, 3.63) is 82.9 Å². The van der Waals surface area contributed by atoms with Crippen LogP contribution in [-0.4, -0.2) is 26.6 Å². The van der Waals surface area contributed by atoms with Crippen LogP contribution in [0.5, 0.6) is 0 Å². The molecule has 0 saturated heterocycles. The fourth-order valence-electron chi connectivity index (χ4n) is 2.52. The fourth-order valence-corrected chi connectivity index (χ4v) is 3.42. The Kier molecular flexibility index (Phi) is 6.49. The van der Waals surface area contributed by atoms with E-state index in [1.54, 1.807) is 36.3 Å². The number of carbonyl (C=O) groups excluding carboxylic acids is 1. The van der Waals surface area contributed by atoms with Gasteiger partial charge in [-0.05, 0) is 56.7 Å². The molecule has 142 valence electrons. The van der Waals surface area contributed by atoms with Gasteiger partial charge in [0.25, 0.3) is 5.91 Å². The minimum atomic E-state index is -0.245. The van der Waals surface area contributed by atoms with E-state index in [4.69, 9.17) is 0 Å². The second-order valence-electron chi connectivity index (χ2n) is 6.29. The van der Waals surface area contributed by atoms with Crippen LogP contribution >= 0.6 is 11.8 Å². The van der Waals surface area contributed by atoms with Crippen LogP contribution < -0.4 is 5.43 Å². The first kappa shape index (κ1) is 19.7. The van der Waals surface area contributed by atoms with E-state index < -0.39 is 0 Å². The third kappa shape index (κ3) is 5.47. The van der Waals surface area contributed by atoms with Crippen molar-refractivity contribution in [3.8, 4) is 0 Å². The van der Waals surface area contributed by atoms with Crippen LogP contribution in [0.25, 0.3) is 0 Å². The molecule has 2 aromatic heterocycles. The summed E-state index contributed by atoms with van der Waals surface area (Å²) in [6, 6.07) is 13.1. The number of hydrogen-bond donors (Lipinski definition) is 1. The summed E-state index contributed by atoms with van der Waals surface area (Å²) < 4.78 is 0. The molecule has 0 unspecified atom stereocenters. The number of nitrogens with zero attached hydrogens (tertiary/aromatic N) is 4. The SMILES string of the molecule is C/C(=N/NC(=O)c1ccc(CSc2nc(C)cc(C)n2)cc1)c1ccncc1. The number of amides is 1. The van der Waals surface area contributed by atoms with Crippen LogP contribution in [0.3, 0.4) is 0 Å². The molecule has 1 amide bonds. The van der Waals surface area contributed by atoms with Crippen LogP contribution in [0, 0.1) is 13.8 Å². The molecular formula is C21H21N5OS. The molecule has 3 aromatic rings. The summed E-state index contributed by atoms with van der Waals surface area (Å²) in [5, 5.41) is 4.92. The van der Waals surface area contributed by atoms with Crippen molar-refractivity contribution in [2.75, 3.05) is 0 Å². The highest BCUT2D eigenvalue weighted by atomic mass is 32.2. The first-order valence-corrected chi connectivity index (χ1v) is 9.79. The van der Waals surface area contributed by atoms with Crippen molar-refractivity contribution in [1.29, 1.82) is 0 Å². The fraction of sp³-hybridized carbons (Fsp3) is 0.190. The zero-order valence-corrected chi connectivity index (χ0v) is 16.8. The van der Waals surface area contributed by atoms with Gasteiger partial charge in [0, 0.05) is 40.7 Å². The summed E-state index contributed by atoms with van der Waals surface area (Å²) in [5.41, 5.74) is 7.80. The third-order valence-corrected chi connectivity index (χ3v) is 4.89. The summed E-state index contributed by atoms with van der Waals surface area (Å²) in [7, 11) is 0. The maximum atomic E-state index is 12.3. The number of hydrazone groups is 1. The molecule has 0 aliphatic rings. The second-order valence-corrected chi connectivity index (χ2v) is 7.24. The molecule has 0 aliphatic heterocycles. The Hall–Kier alpha value is -3.06. The number of carbonyl (C=O) groups is 1. The molecule has 0 spiro atoms. The van der Waals surface area contributed by atoms with Crippen LogP contribution in [-0.2, 0) is 5.75 Å². The number of aryl methyl sites for hydroxylation is 2. The molecule has 3 rings (SSSR count). The van der Waals surface area contributed by atoms with Crippen LogP contribution in [0.15, 0.2) is 65.1 Å². The molecule has 2 heterocycles. The Morgan fingerprint density at radius 3 is 2.29 bits per heavy atom. The summed E-state index contributed by atoms with van der Waals surface area (Å²) >= 11 is 1.58. The highest BCUT2D eigenvalue weighted by Gasteiger charge is 2.06. The monoisotopic (exact) mass is 391 g/mol. The Labute approximate surface area is 168 Å². The maximum absolute atomic E-state index is 12.3. The summed E-state index contributed by atoms with van der Waals surface area (Å²) in [5.74, 6) is 0.495. The van der Waals surface area contributed by atoms with Crippen molar-refractivity contribution in [2.24, 2.45) is 5.10 Å². The standard InChI is InChI=1S/C21H21N5OS/c1-14-12-15(2)24-21(23-14)28-13-17-4-6-19(7-5-17)20(27)26-25-16(3)18-8-10-22-11-9-18/h4-12H,13H2,1-3H3,(H,26,27)/b25-16-. The molecule has 0 saturated carbocycles. The molecule has 0 bridgehead atoms. The minimum Gasteiger partial charge on any atom is -0.267 e. The average Bonchev–Trinajstić information content (AvgIpc) is 2.70. The average molecular weight is 392 g/mol. The zero-order chi connectivity index (χ0) is 19.9. The summed E-state index contributed by atoms with van der Waals surface area (Å²) in [6.45, 7) is 5.76. The van der Waals surface area contributed by atoms with E-state index in [2.05, 4.69) is 25.5 Å². The van der Waals surface area contributed by atoms with Crippen molar-refractivity contribution >= 4 is 23.4 Å². The van der Waals surface area contributed by atoms with Gasteiger partial charge >= 0.3 is 0 Å². The number of rotatable bonds is 6. The van der Waals surface area contributed by atoms with Gasteiger partial charge in [-0.25, -0.2) is 15.4 Å². The second kappa shape index (κ2) is 9.23. The van der Waals surface area contributed by atoms with Gasteiger partial charge in [0.15, 0.2) is 5.16 Å². The van der Waals surface area contributed by atoms with Gasteiger partial charge < -0.3 is 0 Å². The number of aromatic nitrogens is 3. The largest absolute Gasteiger partial charge is 0.271 e. The topological polar surface area (TPSA) is 80.1 Å². The molecule has 0 atom stereocenters. The molecule has 6 nitrogen and oxygen atoms in total. The van der Waals surface area contributed by atoms with Crippen molar-refractivity contribution in [1.82, 2.24) is 20.4 Å². The number of benzene rings is 1. The molecule has 7 heteroatoms. The zero-order valence-electron chi connectivity index (χ0n) is 16.0.